The van der Waals surface area contributed by atoms with Crippen molar-refractivity contribution < 1.29 is 14.3 Å². The van der Waals surface area contributed by atoms with Gasteiger partial charge in [0.2, 0.25) is 16.9 Å². The third-order valence-electron chi connectivity index (χ3n) is 3.06. The van der Waals surface area contributed by atoms with E-state index in [1.54, 1.807) is 17.5 Å². The van der Waals surface area contributed by atoms with Crippen molar-refractivity contribution in [2.75, 3.05) is 25.6 Å². The second kappa shape index (κ2) is 6.07. The molecule has 0 radical (unpaired) electrons. The van der Waals surface area contributed by atoms with E-state index in [9.17, 15) is 9.59 Å². The number of aromatic nitrogens is 2. The lowest BCUT2D eigenvalue weighted by atomic mass is 10.1. The molecule has 1 aromatic heterocycles. The topological polar surface area (TPSA) is 84.4 Å². The van der Waals surface area contributed by atoms with E-state index >= 15 is 0 Å². The summed E-state index contributed by atoms with van der Waals surface area (Å²) in [6, 6.07) is -0.0168. The number of carbonyl (C=O) groups is 2. The molecule has 104 valence electrons. The molecule has 1 fully saturated rings. The lowest BCUT2D eigenvalue weighted by molar-refractivity contribution is -0.130. The Labute approximate surface area is 115 Å². The highest BCUT2D eigenvalue weighted by atomic mass is 32.1. The Bertz CT molecular complexity index is 451. The van der Waals surface area contributed by atoms with Crippen molar-refractivity contribution >= 4 is 28.3 Å². The van der Waals surface area contributed by atoms with Crippen LogP contribution in [0.4, 0.5) is 5.13 Å². The van der Waals surface area contributed by atoms with Gasteiger partial charge in [0, 0.05) is 20.1 Å². The number of ether oxygens (including phenoxy) is 1. The fourth-order valence-electron chi connectivity index (χ4n) is 2.10. The van der Waals surface area contributed by atoms with E-state index in [2.05, 4.69) is 15.5 Å². The summed E-state index contributed by atoms with van der Waals surface area (Å²) in [5.41, 5.74) is 1.54. The minimum Gasteiger partial charge on any atom is -0.383 e. The number of carbonyl (C=O) groups excluding carboxylic acids is 2. The van der Waals surface area contributed by atoms with E-state index in [1.165, 1.54) is 11.3 Å². The van der Waals surface area contributed by atoms with E-state index in [0.29, 0.717) is 18.3 Å². The molecule has 2 heterocycles. The van der Waals surface area contributed by atoms with Gasteiger partial charge in [-0.2, -0.15) is 0 Å². The number of hydrogen-bond acceptors (Lipinski definition) is 6. The molecule has 2 amide bonds. The average molecular weight is 284 g/mol. The number of nitrogens with one attached hydrogen (secondary N) is 1. The van der Waals surface area contributed by atoms with E-state index in [-0.39, 0.29) is 30.2 Å². The molecule has 1 aliphatic rings. The number of anilines is 1. The third kappa shape index (κ3) is 3.27. The van der Waals surface area contributed by atoms with Crippen LogP contribution in [0.25, 0.3) is 0 Å². The van der Waals surface area contributed by atoms with Crippen molar-refractivity contribution in [2.45, 2.75) is 19.4 Å². The number of rotatable bonds is 5. The van der Waals surface area contributed by atoms with Crippen LogP contribution in [0.2, 0.25) is 0 Å². The van der Waals surface area contributed by atoms with Gasteiger partial charge in [-0.1, -0.05) is 11.3 Å². The third-order valence-corrected chi connectivity index (χ3v) is 3.67. The van der Waals surface area contributed by atoms with Crippen LogP contribution < -0.4 is 5.32 Å². The molecule has 0 bridgehead atoms. The van der Waals surface area contributed by atoms with Gasteiger partial charge in [0.05, 0.1) is 18.6 Å². The molecule has 1 aliphatic heterocycles. The first kappa shape index (κ1) is 13.9. The van der Waals surface area contributed by atoms with Crippen molar-refractivity contribution in [3.05, 3.63) is 5.51 Å². The highest BCUT2D eigenvalue weighted by molar-refractivity contribution is 7.13. The molecule has 0 aliphatic carbocycles. The summed E-state index contributed by atoms with van der Waals surface area (Å²) >= 11 is 1.25. The fraction of sp³-hybridized carbons (Fsp3) is 0.636. The van der Waals surface area contributed by atoms with Crippen LogP contribution in [0, 0.1) is 5.92 Å². The highest BCUT2D eigenvalue weighted by Gasteiger charge is 2.36. The maximum absolute atomic E-state index is 12.0. The summed E-state index contributed by atoms with van der Waals surface area (Å²) in [5.74, 6) is -0.533. The Morgan fingerprint density at radius 1 is 1.74 bits per heavy atom. The van der Waals surface area contributed by atoms with Gasteiger partial charge >= 0.3 is 0 Å². The average Bonchev–Trinajstić information content (AvgIpc) is 2.98. The van der Waals surface area contributed by atoms with Gasteiger partial charge in [-0.25, -0.2) is 0 Å². The van der Waals surface area contributed by atoms with E-state index in [0.717, 1.165) is 0 Å². The van der Waals surface area contributed by atoms with Crippen molar-refractivity contribution in [1.29, 1.82) is 0 Å². The second-order valence-electron chi connectivity index (χ2n) is 4.48. The van der Waals surface area contributed by atoms with Crippen LogP contribution in [0.3, 0.4) is 0 Å². The normalized spacial score (nSPS) is 20.6. The molecular formula is C11H16N4O3S. The summed E-state index contributed by atoms with van der Waals surface area (Å²) in [6.45, 7) is 2.80. The summed E-state index contributed by atoms with van der Waals surface area (Å²) in [5, 5.41) is 10.5. The first-order valence-electron chi connectivity index (χ1n) is 5.97. The SMILES string of the molecule is COC[C@H](C)N1C[C@H](C(=O)Nc2nncs2)CC1=O. The smallest absolute Gasteiger partial charge is 0.231 e. The van der Waals surface area contributed by atoms with E-state index in [1.807, 2.05) is 6.92 Å². The molecule has 0 spiro atoms. The van der Waals surface area contributed by atoms with Crippen LogP contribution in [0.5, 0.6) is 0 Å². The van der Waals surface area contributed by atoms with Crippen molar-refractivity contribution in [3.8, 4) is 0 Å². The molecule has 1 aromatic rings. The Balaban J connectivity index is 1.93. The van der Waals surface area contributed by atoms with Crippen LogP contribution in [0.15, 0.2) is 5.51 Å². The van der Waals surface area contributed by atoms with Crippen molar-refractivity contribution in [1.82, 2.24) is 15.1 Å². The van der Waals surface area contributed by atoms with Gasteiger partial charge < -0.3 is 15.0 Å². The number of hydrogen-bond donors (Lipinski definition) is 1. The molecule has 7 nitrogen and oxygen atoms in total. The number of likely N-dealkylation sites (tertiary alicyclic amines) is 1. The van der Waals surface area contributed by atoms with Gasteiger partial charge in [0.15, 0.2) is 0 Å². The molecule has 0 unspecified atom stereocenters. The largest absolute Gasteiger partial charge is 0.383 e. The molecule has 1 N–H and O–H groups in total. The minimum atomic E-state index is -0.337. The minimum absolute atomic E-state index is 0.0121. The Kier molecular flexibility index (Phi) is 4.43. The lowest BCUT2D eigenvalue weighted by Crippen LogP contribution is -2.38. The van der Waals surface area contributed by atoms with Crippen molar-refractivity contribution in [3.63, 3.8) is 0 Å². The van der Waals surface area contributed by atoms with E-state index < -0.39 is 0 Å². The first-order chi connectivity index (χ1) is 9.11. The summed E-state index contributed by atoms with van der Waals surface area (Å²) in [7, 11) is 1.59. The van der Waals surface area contributed by atoms with Gasteiger partial charge in [0.1, 0.15) is 5.51 Å². The molecule has 1 saturated heterocycles. The molecule has 2 rings (SSSR count). The van der Waals surface area contributed by atoms with Gasteiger partial charge in [-0.05, 0) is 6.92 Å². The predicted molar refractivity (Wildman–Crippen MR) is 69.7 cm³/mol. The van der Waals surface area contributed by atoms with Crippen LogP contribution >= 0.6 is 11.3 Å². The molecule has 0 saturated carbocycles. The van der Waals surface area contributed by atoms with Crippen LogP contribution in [0.1, 0.15) is 13.3 Å². The molecule has 8 heteroatoms. The molecule has 0 aromatic carbocycles. The molecule has 19 heavy (non-hydrogen) atoms. The van der Waals surface area contributed by atoms with Crippen LogP contribution in [-0.2, 0) is 14.3 Å². The Morgan fingerprint density at radius 3 is 3.16 bits per heavy atom. The Morgan fingerprint density at radius 2 is 2.53 bits per heavy atom. The summed E-state index contributed by atoms with van der Waals surface area (Å²) in [4.78, 5) is 25.6. The maximum atomic E-state index is 12.0. The maximum Gasteiger partial charge on any atom is 0.231 e. The number of amides is 2. The Hall–Kier alpha value is -1.54. The van der Waals surface area contributed by atoms with Gasteiger partial charge in [-0.15, -0.1) is 10.2 Å². The van der Waals surface area contributed by atoms with Gasteiger partial charge in [0.25, 0.3) is 0 Å². The second-order valence-corrected chi connectivity index (χ2v) is 5.32. The molecule has 2 atom stereocenters. The van der Waals surface area contributed by atoms with Crippen molar-refractivity contribution in [2.24, 2.45) is 5.92 Å². The van der Waals surface area contributed by atoms with Gasteiger partial charge in [-0.3, -0.25) is 9.59 Å². The number of methoxy groups -OCH3 is 1. The zero-order valence-electron chi connectivity index (χ0n) is 10.8. The van der Waals surface area contributed by atoms with Crippen LogP contribution in [-0.4, -0.2) is 53.2 Å². The lowest BCUT2D eigenvalue weighted by Gasteiger charge is -2.23. The molecular weight excluding hydrogens is 268 g/mol. The standard InChI is InChI=1S/C11H16N4O3S/c1-7(5-18-2)15-4-8(3-9(15)16)10(17)13-11-14-12-6-19-11/h6-8H,3-5H2,1-2H3,(H,13,14,17)/t7-,8+/m0/s1. The first-order valence-corrected chi connectivity index (χ1v) is 6.85. The summed E-state index contributed by atoms with van der Waals surface area (Å²) in [6.07, 6.45) is 0.235. The monoisotopic (exact) mass is 284 g/mol. The fourth-order valence-corrected chi connectivity index (χ4v) is 2.55. The quantitative estimate of drug-likeness (QED) is 0.844. The number of nitrogens with zero attached hydrogens (tertiary/aromatic N) is 3. The van der Waals surface area contributed by atoms with E-state index in [4.69, 9.17) is 4.74 Å². The predicted octanol–water partition coefficient (Wildman–Crippen LogP) is 0.360. The highest BCUT2D eigenvalue weighted by Crippen LogP contribution is 2.22. The zero-order valence-corrected chi connectivity index (χ0v) is 11.6. The summed E-state index contributed by atoms with van der Waals surface area (Å²) < 4.78 is 5.03. The zero-order chi connectivity index (χ0) is 13.8.